The van der Waals surface area contributed by atoms with Gasteiger partial charge in [-0.15, -0.1) is 0 Å². The van der Waals surface area contributed by atoms with E-state index in [2.05, 4.69) is 26.1 Å². The highest BCUT2D eigenvalue weighted by Gasteiger charge is 2.21. The summed E-state index contributed by atoms with van der Waals surface area (Å²) in [6, 6.07) is 5.67. The van der Waals surface area contributed by atoms with Crippen LogP contribution in [0.25, 0.3) is 11.5 Å². The number of nitrogens with two attached hydrogens (primary N) is 1. The summed E-state index contributed by atoms with van der Waals surface area (Å²) in [5.74, 6) is 1.80. The van der Waals surface area contributed by atoms with Gasteiger partial charge < -0.3 is 10.3 Å². The van der Waals surface area contributed by atoms with Crippen LogP contribution in [0.3, 0.4) is 0 Å². The average molecular weight is 322 g/mol. The molecular weight excluding hydrogens is 306 g/mol. The van der Waals surface area contributed by atoms with Crippen molar-refractivity contribution in [2.75, 3.05) is 5.73 Å². The van der Waals surface area contributed by atoms with E-state index >= 15 is 0 Å². The summed E-state index contributed by atoms with van der Waals surface area (Å²) >= 11 is 3.39. The maximum absolute atomic E-state index is 5.98. The van der Waals surface area contributed by atoms with Gasteiger partial charge in [-0.05, 0) is 31.0 Å². The van der Waals surface area contributed by atoms with Crippen LogP contribution < -0.4 is 5.73 Å². The first kappa shape index (κ1) is 12.7. The molecule has 1 heterocycles. The second-order valence-corrected chi connectivity index (χ2v) is 5.94. The average Bonchev–Trinajstić information content (AvgIpc) is 2.89. The molecule has 1 aliphatic rings. The van der Waals surface area contributed by atoms with Crippen LogP contribution in [0.1, 0.15) is 43.8 Å². The summed E-state index contributed by atoms with van der Waals surface area (Å²) < 4.78 is 6.31. The van der Waals surface area contributed by atoms with Crippen LogP contribution in [-0.4, -0.2) is 10.1 Å². The van der Waals surface area contributed by atoms with Gasteiger partial charge in [0, 0.05) is 16.1 Å². The topological polar surface area (TPSA) is 64.9 Å². The molecule has 0 spiro atoms. The Labute approximate surface area is 120 Å². The fourth-order valence-electron chi connectivity index (χ4n) is 2.60. The Morgan fingerprint density at radius 3 is 2.74 bits per heavy atom. The summed E-state index contributed by atoms with van der Waals surface area (Å²) in [7, 11) is 0. The highest BCUT2D eigenvalue weighted by Crippen LogP contribution is 2.33. The summed E-state index contributed by atoms with van der Waals surface area (Å²) in [6.45, 7) is 0. The zero-order valence-electron chi connectivity index (χ0n) is 10.6. The Kier molecular flexibility index (Phi) is 3.55. The van der Waals surface area contributed by atoms with E-state index in [1.165, 1.54) is 19.3 Å². The predicted octanol–water partition coefficient (Wildman–Crippen LogP) is 4.13. The van der Waals surface area contributed by atoms with Crippen molar-refractivity contribution in [2.24, 2.45) is 0 Å². The lowest BCUT2D eigenvalue weighted by molar-refractivity contribution is 0.385. The standard InChI is InChI=1S/C14H16BrN3O/c15-10-6-7-11(12(16)8-10)14-17-13(18-19-14)9-4-2-1-3-5-9/h6-9H,1-5,16H2. The maximum Gasteiger partial charge on any atom is 0.260 e. The van der Waals surface area contributed by atoms with Crippen molar-refractivity contribution in [3.05, 3.63) is 28.5 Å². The molecule has 2 aromatic rings. The largest absolute Gasteiger partial charge is 0.398 e. The lowest BCUT2D eigenvalue weighted by Crippen LogP contribution is -2.06. The van der Waals surface area contributed by atoms with Crippen molar-refractivity contribution in [1.29, 1.82) is 0 Å². The molecule has 5 heteroatoms. The third kappa shape index (κ3) is 2.66. The van der Waals surface area contributed by atoms with Crippen molar-refractivity contribution in [3.8, 4) is 11.5 Å². The number of hydrogen-bond acceptors (Lipinski definition) is 4. The van der Waals surface area contributed by atoms with E-state index in [0.717, 1.165) is 28.7 Å². The molecule has 0 bridgehead atoms. The number of aromatic nitrogens is 2. The summed E-state index contributed by atoms with van der Waals surface area (Å²) in [4.78, 5) is 4.52. The normalized spacial score (nSPS) is 16.7. The van der Waals surface area contributed by atoms with Gasteiger partial charge in [0.05, 0.1) is 5.56 Å². The molecular formula is C14H16BrN3O. The lowest BCUT2D eigenvalue weighted by atomic mass is 9.89. The van der Waals surface area contributed by atoms with Crippen LogP contribution in [0.2, 0.25) is 0 Å². The number of benzene rings is 1. The van der Waals surface area contributed by atoms with Gasteiger partial charge in [0.25, 0.3) is 5.89 Å². The minimum absolute atomic E-state index is 0.447. The van der Waals surface area contributed by atoms with Crippen molar-refractivity contribution in [3.63, 3.8) is 0 Å². The third-order valence-electron chi connectivity index (χ3n) is 3.66. The number of hydrogen-bond donors (Lipinski definition) is 1. The minimum atomic E-state index is 0.447. The number of rotatable bonds is 2. The van der Waals surface area contributed by atoms with Crippen molar-refractivity contribution in [1.82, 2.24) is 10.1 Å². The van der Waals surface area contributed by atoms with Gasteiger partial charge in [0.1, 0.15) is 0 Å². The van der Waals surface area contributed by atoms with E-state index in [-0.39, 0.29) is 0 Å². The molecule has 0 saturated heterocycles. The second-order valence-electron chi connectivity index (χ2n) is 5.02. The molecule has 0 atom stereocenters. The van der Waals surface area contributed by atoms with Gasteiger partial charge in [-0.1, -0.05) is 40.3 Å². The van der Waals surface area contributed by atoms with E-state index in [4.69, 9.17) is 10.3 Å². The summed E-state index contributed by atoms with van der Waals surface area (Å²) in [5.41, 5.74) is 7.43. The SMILES string of the molecule is Nc1cc(Br)ccc1-c1nc(C2CCCCC2)no1. The van der Waals surface area contributed by atoms with Gasteiger partial charge in [-0.2, -0.15) is 4.98 Å². The van der Waals surface area contributed by atoms with Crippen LogP contribution in [-0.2, 0) is 0 Å². The fraction of sp³-hybridized carbons (Fsp3) is 0.429. The van der Waals surface area contributed by atoms with Crippen molar-refractivity contribution >= 4 is 21.6 Å². The van der Waals surface area contributed by atoms with Crippen molar-refractivity contribution in [2.45, 2.75) is 38.0 Å². The van der Waals surface area contributed by atoms with Gasteiger partial charge >= 0.3 is 0 Å². The molecule has 1 fully saturated rings. The zero-order chi connectivity index (χ0) is 13.2. The molecule has 1 aromatic heterocycles. The number of nitrogen functional groups attached to an aromatic ring is 1. The van der Waals surface area contributed by atoms with E-state index in [1.807, 2.05) is 18.2 Å². The molecule has 2 N–H and O–H groups in total. The molecule has 100 valence electrons. The molecule has 1 aliphatic carbocycles. The Balaban J connectivity index is 1.87. The summed E-state index contributed by atoms with van der Waals surface area (Å²) in [6.07, 6.45) is 6.16. The van der Waals surface area contributed by atoms with Gasteiger partial charge in [-0.3, -0.25) is 0 Å². The molecule has 0 radical (unpaired) electrons. The van der Waals surface area contributed by atoms with Crippen LogP contribution in [0.15, 0.2) is 27.2 Å². The van der Waals surface area contributed by atoms with Crippen molar-refractivity contribution < 1.29 is 4.52 Å². The fourth-order valence-corrected chi connectivity index (χ4v) is 2.98. The molecule has 0 unspecified atom stereocenters. The van der Waals surface area contributed by atoms with Gasteiger partial charge in [0.2, 0.25) is 0 Å². The number of halogens is 1. The first-order valence-electron chi connectivity index (χ1n) is 6.63. The van der Waals surface area contributed by atoms with E-state index in [9.17, 15) is 0 Å². The van der Waals surface area contributed by atoms with Crippen LogP contribution in [0, 0.1) is 0 Å². The van der Waals surface area contributed by atoms with E-state index < -0.39 is 0 Å². The summed E-state index contributed by atoms with van der Waals surface area (Å²) in [5, 5.41) is 4.13. The molecule has 3 rings (SSSR count). The van der Waals surface area contributed by atoms with Crippen LogP contribution >= 0.6 is 15.9 Å². The maximum atomic E-state index is 5.98. The van der Waals surface area contributed by atoms with Crippen LogP contribution in [0.5, 0.6) is 0 Å². The smallest absolute Gasteiger partial charge is 0.260 e. The zero-order valence-corrected chi connectivity index (χ0v) is 12.2. The Hall–Kier alpha value is -1.36. The second kappa shape index (κ2) is 5.33. The van der Waals surface area contributed by atoms with E-state index in [0.29, 0.717) is 17.5 Å². The molecule has 1 aromatic carbocycles. The number of nitrogens with zero attached hydrogens (tertiary/aromatic N) is 2. The Bertz CT molecular complexity index is 576. The minimum Gasteiger partial charge on any atom is -0.398 e. The molecule has 4 nitrogen and oxygen atoms in total. The third-order valence-corrected chi connectivity index (χ3v) is 4.15. The van der Waals surface area contributed by atoms with Crippen LogP contribution in [0.4, 0.5) is 5.69 Å². The molecule has 0 aliphatic heterocycles. The number of anilines is 1. The highest BCUT2D eigenvalue weighted by molar-refractivity contribution is 9.10. The Morgan fingerprint density at radius 2 is 2.00 bits per heavy atom. The lowest BCUT2D eigenvalue weighted by Gasteiger charge is -2.17. The predicted molar refractivity (Wildman–Crippen MR) is 77.7 cm³/mol. The molecule has 1 saturated carbocycles. The van der Waals surface area contributed by atoms with E-state index in [1.54, 1.807) is 0 Å². The monoisotopic (exact) mass is 321 g/mol. The quantitative estimate of drug-likeness (QED) is 0.844. The Morgan fingerprint density at radius 1 is 1.21 bits per heavy atom. The first-order valence-corrected chi connectivity index (χ1v) is 7.42. The first-order chi connectivity index (χ1) is 9.24. The van der Waals surface area contributed by atoms with Gasteiger partial charge in [0.15, 0.2) is 5.82 Å². The molecule has 0 amide bonds. The van der Waals surface area contributed by atoms with Gasteiger partial charge in [-0.25, -0.2) is 0 Å². The molecule has 19 heavy (non-hydrogen) atoms. The highest BCUT2D eigenvalue weighted by atomic mass is 79.9.